The molecule has 0 bridgehead atoms. The zero-order chi connectivity index (χ0) is 19.7. The van der Waals surface area contributed by atoms with E-state index in [0.717, 1.165) is 52.8 Å². The minimum atomic E-state index is -0.920. The Hall–Kier alpha value is -2.44. The lowest BCUT2D eigenvalue weighted by Gasteiger charge is -2.32. The van der Waals surface area contributed by atoms with Crippen molar-refractivity contribution in [3.05, 3.63) is 47.5 Å². The van der Waals surface area contributed by atoms with Gasteiger partial charge in [-0.2, -0.15) is 0 Å². The Morgan fingerprint density at radius 3 is 2.50 bits per heavy atom. The first-order chi connectivity index (χ1) is 13.5. The van der Waals surface area contributed by atoms with Crippen LogP contribution in [0.25, 0.3) is 21.3 Å². The Kier molecular flexibility index (Phi) is 5.33. The van der Waals surface area contributed by atoms with Crippen molar-refractivity contribution in [3.63, 3.8) is 0 Å². The Balaban J connectivity index is 1.54. The number of fused-ring (bicyclic) bond motifs is 1. The Labute approximate surface area is 168 Å². The van der Waals surface area contributed by atoms with Gasteiger partial charge < -0.3 is 14.7 Å². The van der Waals surface area contributed by atoms with Gasteiger partial charge >= 0.3 is 5.97 Å². The lowest BCUT2D eigenvalue weighted by Crippen LogP contribution is -2.35. The molecule has 0 unspecified atom stereocenters. The summed E-state index contributed by atoms with van der Waals surface area (Å²) in [5.74, 6) is -0.0810. The fourth-order valence-electron chi connectivity index (χ4n) is 3.94. The van der Waals surface area contributed by atoms with Crippen LogP contribution in [0.2, 0.25) is 0 Å². The number of carbonyl (C=O) groups is 1. The van der Waals surface area contributed by atoms with Crippen molar-refractivity contribution in [1.82, 2.24) is 9.88 Å². The highest BCUT2D eigenvalue weighted by molar-refractivity contribution is 7.21. The normalized spacial score (nSPS) is 19.8. The maximum Gasteiger partial charge on any atom is 0.346 e. The van der Waals surface area contributed by atoms with E-state index in [1.807, 2.05) is 36.4 Å². The first-order valence-corrected chi connectivity index (χ1v) is 10.4. The van der Waals surface area contributed by atoms with Crippen LogP contribution in [0.5, 0.6) is 5.75 Å². The summed E-state index contributed by atoms with van der Waals surface area (Å²) in [6.07, 6.45) is 6.39. The zero-order valence-corrected chi connectivity index (χ0v) is 16.9. The molecule has 1 aliphatic rings. The molecule has 5 nitrogen and oxygen atoms in total. The molecule has 0 saturated heterocycles. The van der Waals surface area contributed by atoms with Crippen LogP contribution in [-0.4, -0.2) is 47.2 Å². The SMILES string of the molecule is CN(C)C1CCC(Oc2ccc(-c3c(C(=O)O)sc4ncccc34)cc2)CC1. The van der Waals surface area contributed by atoms with E-state index in [1.54, 1.807) is 6.20 Å². The highest BCUT2D eigenvalue weighted by Crippen LogP contribution is 2.38. The van der Waals surface area contributed by atoms with E-state index in [9.17, 15) is 9.90 Å². The van der Waals surface area contributed by atoms with Crippen LogP contribution < -0.4 is 4.74 Å². The number of benzene rings is 1. The number of hydrogen-bond donors (Lipinski definition) is 1. The van der Waals surface area contributed by atoms with E-state index < -0.39 is 5.97 Å². The lowest BCUT2D eigenvalue weighted by molar-refractivity contribution is 0.0703. The van der Waals surface area contributed by atoms with E-state index in [-0.39, 0.29) is 6.10 Å². The minimum absolute atomic E-state index is 0.253. The summed E-state index contributed by atoms with van der Waals surface area (Å²) in [7, 11) is 4.28. The van der Waals surface area contributed by atoms with E-state index >= 15 is 0 Å². The van der Waals surface area contributed by atoms with Gasteiger partial charge in [0.1, 0.15) is 15.5 Å². The van der Waals surface area contributed by atoms with Crippen molar-refractivity contribution in [3.8, 4) is 16.9 Å². The van der Waals surface area contributed by atoms with Crippen molar-refractivity contribution in [2.75, 3.05) is 14.1 Å². The van der Waals surface area contributed by atoms with E-state index in [4.69, 9.17) is 4.74 Å². The van der Waals surface area contributed by atoms with Crippen molar-refractivity contribution in [2.24, 2.45) is 0 Å². The Morgan fingerprint density at radius 1 is 1.14 bits per heavy atom. The molecule has 146 valence electrons. The lowest BCUT2D eigenvalue weighted by atomic mass is 9.92. The quantitative estimate of drug-likeness (QED) is 0.664. The molecule has 0 atom stereocenters. The molecule has 1 aliphatic carbocycles. The largest absolute Gasteiger partial charge is 0.490 e. The van der Waals surface area contributed by atoms with Crippen molar-refractivity contribution in [1.29, 1.82) is 0 Å². The number of nitrogens with zero attached hydrogens (tertiary/aromatic N) is 2. The number of thiophene rings is 1. The highest BCUT2D eigenvalue weighted by Gasteiger charge is 2.24. The Morgan fingerprint density at radius 2 is 1.86 bits per heavy atom. The number of ether oxygens (including phenoxy) is 1. The number of aromatic carboxylic acids is 1. The molecule has 1 aromatic carbocycles. The molecule has 2 heterocycles. The van der Waals surface area contributed by atoms with Crippen LogP contribution in [0.3, 0.4) is 0 Å². The predicted molar refractivity (Wildman–Crippen MR) is 112 cm³/mol. The average molecular weight is 397 g/mol. The number of pyridine rings is 1. The van der Waals surface area contributed by atoms with Gasteiger partial charge in [-0.05, 0) is 69.6 Å². The van der Waals surface area contributed by atoms with Crippen molar-refractivity contribution < 1.29 is 14.6 Å². The second-order valence-electron chi connectivity index (χ2n) is 7.50. The van der Waals surface area contributed by atoms with Gasteiger partial charge in [0.2, 0.25) is 0 Å². The summed E-state index contributed by atoms with van der Waals surface area (Å²) >= 11 is 1.22. The molecular weight excluding hydrogens is 372 g/mol. The van der Waals surface area contributed by atoms with Gasteiger partial charge in [0, 0.05) is 23.2 Å². The molecule has 6 heteroatoms. The van der Waals surface area contributed by atoms with Gasteiger partial charge in [-0.1, -0.05) is 12.1 Å². The third-order valence-electron chi connectivity index (χ3n) is 5.48. The molecule has 0 spiro atoms. The molecule has 0 aliphatic heterocycles. The smallest absolute Gasteiger partial charge is 0.346 e. The summed E-state index contributed by atoms with van der Waals surface area (Å²) in [5, 5.41) is 10.5. The highest BCUT2D eigenvalue weighted by atomic mass is 32.1. The number of aromatic nitrogens is 1. The molecule has 0 amide bonds. The number of carboxylic acids is 1. The first-order valence-electron chi connectivity index (χ1n) is 9.57. The van der Waals surface area contributed by atoms with E-state index in [2.05, 4.69) is 24.0 Å². The molecular formula is C22H24N2O3S. The fourth-order valence-corrected chi connectivity index (χ4v) is 4.95. The van der Waals surface area contributed by atoms with Crippen LogP contribution >= 0.6 is 11.3 Å². The molecule has 3 aromatic rings. The maximum atomic E-state index is 11.7. The van der Waals surface area contributed by atoms with Gasteiger partial charge in [0.05, 0.1) is 6.10 Å². The molecule has 2 aromatic heterocycles. The van der Waals surface area contributed by atoms with Crippen LogP contribution in [0.15, 0.2) is 42.6 Å². The predicted octanol–water partition coefficient (Wildman–Crippen LogP) is 4.91. The van der Waals surface area contributed by atoms with Crippen molar-refractivity contribution in [2.45, 2.75) is 37.8 Å². The summed E-state index contributed by atoms with van der Waals surface area (Å²) in [5.41, 5.74) is 1.61. The van der Waals surface area contributed by atoms with Gasteiger partial charge in [0.15, 0.2) is 0 Å². The number of hydrogen-bond acceptors (Lipinski definition) is 5. The fraction of sp³-hybridized carbons (Fsp3) is 0.364. The summed E-state index contributed by atoms with van der Waals surface area (Å²) in [6, 6.07) is 12.2. The number of rotatable bonds is 5. The summed E-state index contributed by atoms with van der Waals surface area (Å²) in [6.45, 7) is 0. The van der Waals surface area contributed by atoms with Crippen LogP contribution in [0.4, 0.5) is 0 Å². The van der Waals surface area contributed by atoms with Crippen molar-refractivity contribution >= 4 is 27.5 Å². The standard InChI is InChI=1S/C22H24N2O3S/c1-24(2)15-7-11-17(12-8-15)27-16-9-5-14(6-10-16)19-18-4-3-13-23-21(18)28-20(19)22(25)26/h3-6,9-10,13,15,17H,7-8,11-12H2,1-2H3,(H,25,26). The maximum absolute atomic E-state index is 11.7. The zero-order valence-electron chi connectivity index (χ0n) is 16.1. The Bertz CT molecular complexity index is 973. The third kappa shape index (κ3) is 3.75. The average Bonchev–Trinajstić information content (AvgIpc) is 3.09. The van der Waals surface area contributed by atoms with Gasteiger partial charge in [-0.3, -0.25) is 0 Å². The molecule has 1 N–H and O–H groups in total. The molecule has 28 heavy (non-hydrogen) atoms. The molecule has 1 saturated carbocycles. The monoisotopic (exact) mass is 396 g/mol. The third-order valence-corrected chi connectivity index (χ3v) is 6.58. The second-order valence-corrected chi connectivity index (χ2v) is 8.50. The van der Waals surface area contributed by atoms with Gasteiger partial charge in [-0.25, -0.2) is 9.78 Å². The second kappa shape index (κ2) is 7.89. The number of carboxylic acid groups (broad SMARTS) is 1. The summed E-state index contributed by atoms with van der Waals surface area (Å²) in [4.78, 5) is 19.4. The van der Waals surface area contributed by atoms with Crippen LogP contribution in [0, 0.1) is 0 Å². The molecule has 4 rings (SSSR count). The first kappa shape index (κ1) is 18.9. The summed E-state index contributed by atoms with van der Waals surface area (Å²) < 4.78 is 6.18. The minimum Gasteiger partial charge on any atom is -0.490 e. The van der Waals surface area contributed by atoms with Crippen LogP contribution in [-0.2, 0) is 0 Å². The van der Waals surface area contributed by atoms with E-state index in [1.165, 1.54) is 11.3 Å². The van der Waals surface area contributed by atoms with Gasteiger partial charge in [-0.15, -0.1) is 11.3 Å². The van der Waals surface area contributed by atoms with Crippen LogP contribution in [0.1, 0.15) is 35.4 Å². The van der Waals surface area contributed by atoms with E-state index in [0.29, 0.717) is 10.9 Å². The molecule has 1 fully saturated rings. The topological polar surface area (TPSA) is 62.7 Å². The van der Waals surface area contributed by atoms with Gasteiger partial charge in [0.25, 0.3) is 0 Å². The molecule has 0 radical (unpaired) electrons.